The summed E-state index contributed by atoms with van der Waals surface area (Å²) in [6.45, 7) is 1.73. The molecule has 0 aliphatic heterocycles. The van der Waals surface area contributed by atoms with Crippen LogP contribution >= 0.6 is 17.0 Å². The van der Waals surface area contributed by atoms with E-state index in [0.29, 0.717) is 5.69 Å². The summed E-state index contributed by atoms with van der Waals surface area (Å²) in [5, 5.41) is 2.79. The van der Waals surface area contributed by atoms with Crippen LogP contribution in [0.3, 0.4) is 0 Å². The molecule has 2 N–H and O–H groups in total. The molecule has 0 aliphatic carbocycles. The van der Waals surface area contributed by atoms with Crippen LogP contribution in [0, 0.1) is 0 Å². The van der Waals surface area contributed by atoms with Gasteiger partial charge in [0.15, 0.2) is 5.94 Å². The summed E-state index contributed by atoms with van der Waals surface area (Å²) in [6.07, 6.45) is -0.299. The lowest BCUT2D eigenvalue weighted by atomic mass is 10.3. The van der Waals surface area contributed by atoms with Gasteiger partial charge in [-0.05, 0) is 26.1 Å². The summed E-state index contributed by atoms with van der Waals surface area (Å²) in [7, 11) is -1.76. The quantitative estimate of drug-likeness (QED) is 0.779. The number of hydrogen-bond donors (Lipinski definition) is 2. The number of hydrogen-bond acceptors (Lipinski definition) is 4. The Morgan fingerprint density at radius 2 is 1.88 bits per heavy atom. The summed E-state index contributed by atoms with van der Waals surface area (Å²) in [4.78, 5) is 0. The van der Waals surface area contributed by atoms with Gasteiger partial charge in [0.1, 0.15) is 6.23 Å². The fourth-order valence-electron chi connectivity index (χ4n) is 0.990. The first-order chi connectivity index (χ1) is 7.53. The first-order valence-electron chi connectivity index (χ1n) is 4.88. The minimum Gasteiger partial charge on any atom is -0.346 e. The van der Waals surface area contributed by atoms with Gasteiger partial charge >= 0.3 is 0 Å². The third-order valence-electron chi connectivity index (χ3n) is 1.93. The molecule has 1 aromatic carbocycles. The topological polar surface area (TPSA) is 67.4 Å². The van der Waals surface area contributed by atoms with Gasteiger partial charge in [-0.3, -0.25) is 10.0 Å². The van der Waals surface area contributed by atoms with Crippen molar-refractivity contribution in [3.8, 4) is 0 Å². The van der Waals surface area contributed by atoms with Crippen molar-refractivity contribution in [2.45, 2.75) is 13.2 Å². The fourth-order valence-corrected chi connectivity index (χ4v) is 1.93. The molecule has 17 heavy (non-hydrogen) atoms. The molecule has 0 heterocycles. The Morgan fingerprint density at radius 1 is 1.29 bits per heavy atom. The highest BCUT2D eigenvalue weighted by Crippen LogP contribution is 2.08. The van der Waals surface area contributed by atoms with E-state index in [1.165, 1.54) is 0 Å². The molecule has 1 rings (SSSR count). The van der Waals surface area contributed by atoms with E-state index < -0.39 is 10.0 Å². The lowest BCUT2D eigenvalue weighted by molar-refractivity contribution is 0.0806. The third-order valence-corrected chi connectivity index (χ3v) is 2.92. The number of nitrogens with one attached hydrogen (secondary N) is 2. The van der Waals surface area contributed by atoms with Gasteiger partial charge in [0, 0.05) is 5.69 Å². The zero-order valence-corrected chi connectivity index (χ0v) is 12.2. The second-order valence-corrected chi connectivity index (χ2v) is 4.97. The first kappa shape index (κ1) is 16.4. The van der Waals surface area contributed by atoms with Crippen LogP contribution in [-0.4, -0.2) is 27.6 Å². The molecule has 0 saturated heterocycles. The van der Waals surface area contributed by atoms with Crippen molar-refractivity contribution in [3.63, 3.8) is 0 Å². The third kappa shape index (κ3) is 6.62. The van der Waals surface area contributed by atoms with Crippen LogP contribution in [0.1, 0.15) is 6.92 Å². The van der Waals surface area contributed by atoms with Crippen molar-refractivity contribution < 1.29 is 13.2 Å². The van der Waals surface area contributed by atoms with Crippen molar-refractivity contribution in [2.24, 2.45) is 0 Å². The molecule has 0 fully saturated rings. The molecular formula is C10H17BrN2O3S. The van der Waals surface area contributed by atoms with Crippen molar-refractivity contribution >= 4 is 32.7 Å². The van der Waals surface area contributed by atoms with Gasteiger partial charge in [0.05, 0.1) is 0 Å². The van der Waals surface area contributed by atoms with Crippen LogP contribution in [0.4, 0.5) is 5.69 Å². The van der Waals surface area contributed by atoms with E-state index in [2.05, 4.69) is 10.0 Å². The predicted molar refractivity (Wildman–Crippen MR) is 73.8 cm³/mol. The van der Waals surface area contributed by atoms with Crippen LogP contribution in [0.2, 0.25) is 0 Å². The van der Waals surface area contributed by atoms with E-state index in [1.807, 2.05) is 6.07 Å². The Labute approximate surface area is 112 Å². The van der Waals surface area contributed by atoms with Crippen molar-refractivity contribution in [2.75, 3.05) is 17.7 Å². The molecular weight excluding hydrogens is 308 g/mol. The van der Waals surface area contributed by atoms with Gasteiger partial charge in [-0.25, -0.2) is 8.42 Å². The van der Waals surface area contributed by atoms with Crippen LogP contribution < -0.4 is 10.0 Å². The highest BCUT2D eigenvalue weighted by atomic mass is 79.9. The maximum absolute atomic E-state index is 11.6. The minimum absolute atomic E-state index is 0. The first-order valence-corrected chi connectivity index (χ1v) is 6.53. The molecule has 0 radical (unpaired) electrons. The molecule has 98 valence electrons. The van der Waals surface area contributed by atoms with E-state index in [-0.39, 0.29) is 29.1 Å². The summed E-state index contributed by atoms with van der Waals surface area (Å²) < 4.78 is 30.6. The normalized spacial score (nSPS) is 12.6. The second kappa shape index (κ2) is 7.65. The van der Waals surface area contributed by atoms with Crippen molar-refractivity contribution in [1.82, 2.24) is 5.32 Å². The monoisotopic (exact) mass is 324 g/mol. The molecule has 7 heteroatoms. The highest BCUT2D eigenvalue weighted by Gasteiger charge is 2.11. The van der Waals surface area contributed by atoms with Gasteiger partial charge in [0.25, 0.3) is 10.0 Å². The van der Waals surface area contributed by atoms with Gasteiger partial charge in [-0.1, -0.05) is 18.2 Å². The van der Waals surface area contributed by atoms with E-state index >= 15 is 0 Å². The average Bonchev–Trinajstić information content (AvgIpc) is 2.27. The Hall–Kier alpha value is -0.630. The smallest absolute Gasteiger partial charge is 0.257 e. The van der Waals surface area contributed by atoms with Crippen LogP contribution in [0.25, 0.3) is 0 Å². The van der Waals surface area contributed by atoms with Crippen LogP contribution in [-0.2, 0) is 14.8 Å². The number of para-hydroxylation sites is 1. The zero-order chi connectivity index (χ0) is 12.0. The Balaban J connectivity index is 0.00000256. The number of halogens is 1. The lowest BCUT2D eigenvalue weighted by Crippen LogP contribution is -2.29. The van der Waals surface area contributed by atoms with Crippen molar-refractivity contribution in [3.05, 3.63) is 30.3 Å². The summed E-state index contributed by atoms with van der Waals surface area (Å²) in [5.74, 6) is -0.371. The van der Waals surface area contributed by atoms with E-state index in [0.717, 1.165) is 0 Å². The van der Waals surface area contributed by atoms with Crippen LogP contribution in [0.15, 0.2) is 30.3 Å². The predicted octanol–water partition coefficient (Wildman–Crippen LogP) is 1.55. The Bertz CT molecular complexity index is 411. The number of benzene rings is 1. The summed E-state index contributed by atoms with van der Waals surface area (Å²) in [6, 6.07) is 8.69. The summed E-state index contributed by atoms with van der Waals surface area (Å²) in [5.41, 5.74) is 0.531. The van der Waals surface area contributed by atoms with Crippen LogP contribution in [0.5, 0.6) is 0 Å². The molecule has 0 spiro atoms. The lowest BCUT2D eigenvalue weighted by Gasteiger charge is -2.13. The van der Waals surface area contributed by atoms with Crippen molar-refractivity contribution in [1.29, 1.82) is 0 Å². The second-order valence-electron chi connectivity index (χ2n) is 3.30. The minimum atomic E-state index is -3.45. The van der Waals surface area contributed by atoms with E-state index in [1.54, 1.807) is 38.2 Å². The molecule has 1 atom stereocenters. The van der Waals surface area contributed by atoms with Gasteiger partial charge < -0.3 is 4.74 Å². The molecule has 0 aliphatic rings. The Kier molecular flexibility index (Phi) is 7.37. The largest absolute Gasteiger partial charge is 0.346 e. The van der Waals surface area contributed by atoms with Gasteiger partial charge in [0.2, 0.25) is 0 Å². The van der Waals surface area contributed by atoms with E-state index in [4.69, 9.17) is 4.74 Å². The van der Waals surface area contributed by atoms with Gasteiger partial charge in [-0.15, -0.1) is 17.0 Å². The molecule has 0 amide bonds. The average molecular weight is 325 g/mol. The molecule has 1 aromatic rings. The standard InChI is InChI=1S/C10H16N2O3S.BrH/c1-9(11-2)15-8-16(13,14)12-10-6-4-3-5-7-10;/h3-7,9,11-12H,8H2,1-2H3;1H. The Morgan fingerprint density at radius 3 is 2.41 bits per heavy atom. The number of anilines is 1. The number of ether oxygens (including phenoxy) is 1. The molecule has 0 aromatic heterocycles. The zero-order valence-electron chi connectivity index (χ0n) is 9.71. The fraction of sp³-hybridized carbons (Fsp3) is 0.400. The highest BCUT2D eigenvalue weighted by molar-refractivity contribution is 8.93. The van der Waals surface area contributed by atoms with E-state index in [9.17, 15) is 8.42 Å². The number of sulfonamides is 1. The molecule has 0 bridgehead atoms. The van der Waals surface area contributed by atoms with Gasteiger partial charge in [-0.2, -0.15) is 0 Å². The number of rotatable bonds is 6. The molecule has 1 unspecified atom stereocenters. The maximum atomic E-state index is 11.6. The maximum Gasteiger partial charge on any atom is 0.257 e. The SMILES string of the molecule is Br.CNC(C)OCS(=O)(=O)Nc1ccccc1. The summed E-state index contributed by atoms with van der Waals surface area (Å²) >= 11 is 0. The molecule has 5 nitrogen and oxygen atoms in total. The molecule has 0 saturated carbocycles.